The Kier molecular flexibility index (Phi) is 2.42. The van der Waals surface area contributed by atoms with Gasteiger partial charge in [0.1, 0.15) is 5.82 Å². The van der Waals surface area contributed by atoms with Crippen molar-refractivity contribution < 1.29 is 9.90 Å². The molecular formula is C13H10N4O2. The van der Waals surface area contributed by atoms with Crippen LogP contribution in [-0.2, 0) is 0 Å². The number of carbonyl (C=O) groups is 1. The summed E-state index contributed by atoms with van der Waals surface area (Å²) in [5.41, 5.74) is 8.36. The molecule has 94 valence electrons. The number of anilines is 1. The highest BCUT2D eigenvalue weighted by Gasteiger charge is 2.09. The fraction of sp³-hybridized carbons (Fsp3) is 0. The molecule has 0 spiro atoms. The number of rotatable bonds is 2. The number of hydrogen-bond donors (Lipinski definition) is 3. The van der Waals surface area contributed by atoms with Crippen LogP contribution < -0.4 is 5.73 Å². The standard InChI is InChI=1S/C13H10N4O2/c14-9-5-10-12(15-6-9)17-11(16-10)7-2-1-3-8(4-7)13(18)19/h1-6H,14H2,(H,18,19)(H,15,16,17). The van der Waals surface area contributed by atoms with E-state index in [0.29, 0.717) is 22.7 Å². The summed E-state index contributed by atoms with van der Waals surface area (Å²) in [5, 5.41) is 8.97. The van der Waals surface area contributed by atoms with Gasteiger partial charge in [0.05, 0.1) is 23.0 Å². The Morgan fingerprint density at radius 1 is 1.32 bits per heavy atom. The van der Waals surface area contributed by atoms with E-state index in [2.05, 4.69) is 15.0 Å². The predicted octanol–water partition coefficient (Wildman–Crippen LogP) is 1.91. The van der Waals surface area contributed by atoms with Crippen LogP contribution in [0, 0.1) is 0 Å². The van der Waals surface area contributed by atoms with Gasteiger partial charge < -0.3 is 15.8 Å². The zero-order valence-electron chi connectivity index (χ0n) is 9.79. The van der Waals surface area contributed by atoms with Gasteiger partial charge in [-0.1, -0.05) is 12.1 Å². The number of pyridine rings is 1. The minimum Gasteiger partial charge on any atom is -0.478 e. The molecule has 6 heteroatoms. The van der Waals surface area contributed by atoms with E-state index in [1.165, 1.54) is 12.3 Å². The Morgan fingerprint density at radius 3 is 2.95 bits per heavy atom. The van der Waals surface area contributed by atoms with Gasteiger partial charge in [-0.2, -0.15) is 0 Å². The maximum absolute atomic E-state index is 10.9. The lowest BCUT2D eigenvalue weighted by Crippen LogP contribution is -1.95. The summed E-state index contributed by atoms with van der Waals surface area (Å²) in [7, 11) is 0. The van der Waals surface area contributed by atoms with Crippen LogP contribution in [0.2, 0.25) is 0 Å². The number of fused-ring (bicyclic) bond motifs is 1. The molecule has 0 atom stereocenters. The second-order valence-electron chi connectivity index (χ2n) is 4.11. The van der Waals surface area contributed by atoms with Crippen LogP contribution in [0.25, 0.3) is 22.6 Å². The molecule has 0 saturated heterocycles. The molecule has 0 amide bonds. The fourth-order valence-electron chi connectivity index (χ4n) is 1.85. The molecule has 0 fully saturated rings. The topological polar surface area (TPSA) is 105 Å². The number of nitrogens with two attached hydrogens (primary N) is 1. The molecule has 0 radical (unpaired) electrons. The van der Waals surface area contributed by atoms with E-state index in [1.807, 2.05) is 0 Å². The highest BCUT2D eigenvalue weighted by Crippen LogP contribution is 2.21. The van der Waals surface area contributed by atoms with E-state index in [1.54, 1.807) is 24.3 Å². The molecule has 4 N–H and O–H groups in total. The number of benzene rings is 1. The van der Waals surface area contributed by atoms with Crippen molar-refractivity contribution in [2.45, 2.75) is 0 Å². The first-order valence-corrected chi connectivity index (χ1v) is 5.58. The van der Waals surface area contributed by atoms with Gasteiger partial charge in [-0.05, 0) is 18.2 Å². The number of carboxylic acids is 1. The van der Waals surface area contributed by atoms with E-state index in [0.717, 1.165) is 5.52 Å². The summed E-state index contributed by atoms with van der Waals surface area (Å²) in [4.78, 5) is 22.4. The lowest BCUT2D eigenvalue weighted by atomic mass is 10.1. The summed E-state index contributed by atoms with van der Waals surface area (Å²) in [6, 6.07) is 8.29. The summed E-state index contributed by atoms with van der Waals surface area (Å²) in [6.45, 7) is 0. The van der Waals surface area contributed by atoms with E-state index in [-0.39, 0.29) is 5.56 Å². The molecule has 0 aliphatic carbocycles. The average Bonchev–Trinajstić information content (AvgIpc) is 2.81. The SMILES string of the molecule is Nc1cnc2nc(-c3cccc(C(=O)O)c3)[nH]c2c1. The molecule has 0 saturated carbocycles. The van der Waals surface area contributed by atoms with Crippen LogP contribution >= 0.6 is 0 Å². The zero-order valence-corrected chi connectivity index (χ0v) is 9.79. The molecule has 1 aromatic carbocycles. The van der Waals surface area contributed by atoms with Crippen molar-refractivity contribution in [1.29, 1.82) is 0 Å². The van der Waals surface area contributed by atoms with Gasteiger partial charge in [0.15, 0.2) is 5.65 Å². The first-order chi connectivity index (χ1) is 9.13. The van der Waals surface area contributed by atoms with Gasteiger partial charge in [0.2, 0.25) is 0 Å². The average molecular weight is 254 g/mol. The van der Waals surface area contributed by atoms with Crippen LogP contribution in [0.5, 0.6) is 0 Å². The van der Waals surface area contributed by atoms with Crippen molar-refractivity contribution in [1.82, 2.24) is 15.0 Å². The van der Waals surface area contributed by atoms with Crippen LogP contribution in [0.3, 0.4) is 0 Å². The number of imidazole rings is 1. The second-order valence-corrected chi connectivity index (χ2v) is 4.11. The molecular weight excluding hydrogens is 244 g/mol. The van der Waals surface area contributed by atoms with Gasteiger partial charge in [-0.25, -0.2) is 14.8 Å². The number of carboxylic acid groups (broad SMARTS) is 1. The number of aromatic nitrogens is 3. The highest BCUT2D eigenvalue weighted by atomic mass is 16.4. The zero-order chi connectivity index (χ0) is 13.4. The Labute approximate surface area is 107 Å². The van der Waals surface area contributed by atoms with Crippen molar-refractivity contribution >= 4 is 22.8 Å². The highest BCUT2D eigenvalue weighted by molar-refractivity contribution is 5.89. The molecule has 3 rings (SSSR count). The first-order valence-electron chi connectivity index (χ1n) is 5.58. The quantitative estimate of drug-likeness (QED) is 0.647. The number of nitrogens with one attached hydrogen (secondary N) is 1. The number of hydrogen-bond acceptors (Lipinski definition) is 4. The second kappa shape index (κ2) is 4.09. The smallest absolute Gasteiger partial charge is 0.335 e. The maximum atomic E-state index is 10.9. The normalized spacial score (nSPS) is 10.7. The van der Waals surface area contributed by atoms with Crippen LogP contribution in [0.4, 0.5) is 5.69 Å². The molecule has 6 nitrogen and oxygen atoms in total. The van der Waals surface area contributed by atoms with Crippen LogP contribution in [0.1, 0.15) is 10.4 Å². The third-order valence-electron chi connectivity index (χ3n) is 2.74. The third kappa shape index (κ3) is 1.99. The van der Waals surface area contributed by atoms with Gasteiger partial charge >= 0.3 is 5.97 Å². The molecule has 0 aliphatic heterocycles. The molecule has 0 unspecified atom stereocenters. The largest absolute Gasteiger partial charge is 0.478 e. The number of aromatic amines is 1. The lowest BCUT2D eigenvalue weighted by Gasteiger charge is -1.98. The molecule has 19 heavy (non-hydrogen) atoms. The van der Waals surface area contributed by atoms with Crippen molar-refractivity contribution in [3.63, 3.8) is 0 Å². The third-order valence-corrected chi connectivity index (χ3v) is 2.74. The minimum absolute atomic E-state index is 0.213. The van der Waals surface area contributed by atoms with E-state index < -0.39 is 5.97 Å². The minimum atomic E-state index is -0.972. The Hall–Kier alpha value is -2.89. The molecule has 2 aromatic heterocycles. The fourth-order valence-corrected chi connectivity index (χ4v) is 1.85. The number of H-pyrrole nitrogens is 1. The van der Waals surface area contributed by atoms with E-state index in [9.17, 15) is 4.79 Å². The first kappa shape index (κ1) is 11.2. The maximum Gasteiger partial charge on any atom is 0.335 e. The van der Waals surface area contributed by atoms with Gasteiger partial charge in [-0.3, -0.25) is 0 Å². The van der Waals surface area contributed by atoms with Crippen molar-refractivity contribution in [3.8, 4) is 11.4 Å². The van der Waals surface area contributed by atoms with Crippen molar-refractivity contribution in [2.75, 3.05) is 5.73 Å². The van der Waals surface area contributed by atoms with Crippen molar-refractivity contribution in [3.05, 3.63) is 42.1 Å². The van der Waals surface area contributed by atoms with Crippen LogP contribution in [-0.4, -0.2) is 26.0 Å². The van der Waals surface area contributed by atoms with Gasteiger partial charge in [0, 0.05) is 5.56 Å². The van der Waals surface area contributed by atoms with Crippen LogP contribution in [0.15, 0.2) is 36.5 Å². The molecule has 3 aromatic rings. The Balaban J connectivity index is 2.13. The number of nitrogens with zero attached hydrogens (tertiary/aromatic N) is 2. The van der Waals surface area contributed by atoms with E-state index in [4.69, 9.17) is 10.8 Å². The number of aromatic carboxylic acids is 1. The number of nitrogen functional groups attached to an aromatic ring is 1. The molecule has 2 heterocycles. The molecule has 0 bridgehead atoms. The van der Waals surface area contributed by atoms with Crippen molar-refractivity contribution in [2.24, 2.45) is 0 Å². The monoisotopic (exact) mass is 254 g/mol. The summed E-state index contributed by atoms with van der Waals surface area (Å²) < 4.78 is 0. The summed E-state index contributed by atoms with van der Waals surface area (Å²) >= 11 is 0. The van der Waals surface area contributed by atoms with E-state index >= 15 is 0 Å². The van der Waals surface area contributed by atoms with Gasteiger partial charge in [0.25, 0.3) is 0 Å². The summed E-state index contributed by atoms with van der Waals surface area (Å²) in [6.07, 6.45) is 1.53. The summed E-state index contributed by atoms with van der Waals surface area (Å²) in [5.74, 6) is -0.406. The lowest BCUT2D eigenvalue weighted by molar-refractivity contribution is 0.0697. The Morgan fingerprint density at radius 2 is 2.16 bits per heavy atom. The predicted molar refractivity (Wildman–Crippen MR) is 70.7 cm³/mol. The molecule has 0 aliphatic rings. The Bertz CT molecular complexity index is 779. The van der Waals surface area contributed by atoms with Gasteiger partial charge in [-0.15, -0.1) is 0 Å².